The average Bonchev–Trinajstić information content (AvgIpc) is 3.00. The number of carbonyl (C=O) groups is 3. The summed E-state index contributed by atoms with van der Waals surface area (Å²) in [5.41, 5.74) is 4.88. The Labute approximate surface area is 261 Å². The minimum atomic E-state index is -1.42. The van der Waals surface area contributed by atoms with Gasteiger partial charge in [-0.05, 0) is 80.4 Å². The van der Waals surface area contributed by atoms with Gasteiger partial charge in [0.2, 0.25) is 6.41 Å². The number of ether oxygens (including phenoxy) is 2. The van der Waals surface area contributed by atoms with Crippen LogP contribution in [0.4, 0.5) is 48.5 Å². The molecule has 0 fully saturated rings. The summed E-state index contributed by atoms with van der Waals surface area (Å²) < 4.78 is 10.7. The van der Waals surface area contributed by atoms with Gasteiger partial charge in [0.25, 0.3) is 0 Å². The molecular formula is C33H36N6O6. The number of aryl methyl sites for hydroxylation is 2. The predicted octanol–water partition coefficient (Wildman–Crippen LogP) is 6.93. The lowest BCUT2D eigenvalue weighted by Gasteiger charge is -2.20. The topological polar surface area (TPSA) is 162 Å². The number of para-hydroxylation sites is 2. The first-order chi connectivity index (χ1) is 21.6. The second-order valence-corrected chi connectivity index (χ2v) is 10.1. The summed E-state index contributed by atoms with van der Waals surface area (Å²) in [6, 6.07) is 27.5. The highest BCUT2D eigenvalue weighted by Gasteiger charge is 2.15. The number of aliphatic hydroxyl groups is 1. The van der Waals surface area contributed by atoms with E-state index >= 15 is 0 Å². The first-order valence-corrected chi connectivity index (χ1v) is 14.2. The van der Waals surface area contributed by atoms with Crippen LogP contribution in [-0.4, -0.2) is 42.4 Å². The Kier molecular flexibility index (Phi) is 11.3. The quantitative estimate of drug-likeness (QED) is 0.0903. The van der Waals surface area contributed by atoms with Crippen LogP contribution in [0.1, 0.15) is 18.1 Å². The lowest BCUT2D eigenvalue weighted by Crippen LogP contribution is -2.31. The van der Waals surface area contributed by atoms with Crippen molar-refractivity contribution in [1.29, 1.82) is 0 Å². The van der Waals surface area contributed by atoms with E-state index in [0.717, 1.165) is 11.1 Å². The molecule has 45 heavy (non-hydrogen) atoms. The second kappa shape index (κ2) is 15.8. The van der Waals surface area contributed by atoms with Crippen molar-refractivity contribution in [2.45, 2.75) is 33.3 Å². The molecule has 0 radical (unpaired) electrons. The minimum absolute atomic E-state index is 0.151. The van der Waals surface area contributed by atoms with Gasteiger partial charge in [-0.2, -0.15) is 0 Å². The van der Waals surface area contributed by atoms with Crippen LogP contribution >= 0.6 is 0 Å². The maximum Gasteiger partial charge on any atom is 0.411 e. The first kappa shape index (κ1) is 32.3. The summed E-state index contributed by atoms with van der Waals surface area (Å²) in [6.07, 6.45) is -2.83. The summed E-state index contributed by atoms with van der Waals surface area (Å²) >= 11 is 0. The van der Waals surface area contributed by atoms with E-state index in [1.54, 1.807) is 67.6 Å². The van der Waals surface area contributed by atoms with E-state index in [1.807, 2.05) is 50.2 Å². The Morgan fingerprint density at radius 3 is 1.67 bits per heavy atom. The fraction of sp³-hybridized carbons (Fsp3) is 0.182. The van der Waals surface area contributed by atoms with Crippen molar-refractivity contribution >= 4 is 52.3 Å². The Morgan fingerprint density at radius 2 is 1.13 bits per heavy atom. The monoisotopic (exact) mass is 612 g/mol. The zero-order valence-electron chi connectivity index (χ0n) is 25.1. The largest absolute Gasteiger partial charge is 0.447 e. The summed E-state index contributed by atoms with van der Waals surface area (Å²) in [4.78, 5) is 37.2. The number of hydrogen-bond acceptors (Lipinski definition) is 7. The maximum absolute atomic E-state index is 12.4. The van der Waals surface area contributed by atoms with E-state index in [-0.39, 0.29) is 6.61 Å². The molecule has 4 rings (SSSR count). The zero-order chi connectivity index (χ0) is 32.2. The van der Waals surface area contributed by atoms with Gasteiger partial charge in [0.1, 0.15) is 6.61 Å². The summed E-state index contributed by atoms with van der Waals surface area (Å²) in [6.45, 7) is 5.15. The summed E-state index contributed by atoms with van der Waals surface area (Å²) in [7, 11) is 0. The third kappa shape index (κ3) is 10.6. The summed E-state index contributed by atoms with van der Waals surface area (Å²) in [5, 5.41) is 26.9. The van der Waals surface area contributed by atoms with Crippen LogP contribution in [-0.2, 0) is 9.47 Å². The number of aliphatic hydroxyl groups excluding tert-OH is 1. The van der Waals surface area contributed by atoms with Crippen molar-refractivity contribution in [2.24, 2.45) is 0 Å². The van der Waals surface area contributed by atoms with Gasteiger partial charge in [0, 0.05) is 34.1 Å². The lowest BCUT2D eigenvalue weighted by molar-refractivity contribution is -0.123. The van der Waals surface area contributed by atoms with Gasteiger partial charge in [-0.25, -0.2) is 14.4 Å². The van der Waals surface area contributed by atoms with Gasteiger partial charge in [0.05, 0.1) is 6.10 Å². The van der Waals surface area contributed by atoms with E-state index < -0.39 is 30.7 Å². The molecule has 0 spiro atoms. The molecule has 12 nitrogen and oxygen atoms in total. The van der Waals surface area contributed by atoms with Crippen molar-refractivity contribution in [3.05, 3.63) is 108 Å². The molecule has 7 N–H and O–H groups in total. The van der Waals surface area contributed by atoms with Gasteiger partial charge in [-0.15, -0.1) is 0 Å². The maximum atomic E-state index is 12.4. The Balaban J connectivity index is 1.22. The number of rotatable bonds is 11. The number of nitrogens with one attached hydrogen (secondary N) is 6. The van der Waals surface area contributed by atoms with Gasteiger partial charge in [-0.1, -0.05) is 48.5 Å². The van der Waals surface area contributed by atoms with Crippen molar-refractivity contribution in [2.75, 3.05) is 38.5 Å². The Hall–Kier alpha value is -5.59. The van der Waals surface area contributed by atoms with Crippen LogP contribution in [0.2, 0.25) is 0 Å². The number of benzene rings is 4. The number of anilines is 6. The molecule has 0 saturated carbocycles. The fourth-order valence-electron chi connectivity index (χ4n) is 4.08. The van der Waals surface area contributed by atoms with Crippen LogP contribution in [0.25, 0.3) is 0 Å². The van der Waals surface area contributed by atoms with Gasteiger partial charge < -0.3 is 41.2 Å². The molecule has 2 atom stereocenters. The average molecular weight is 613 g/mol. The standard InChI is InChI=1S/C33H36N6O6/c1-21-14-16-26(18-28(21)38-30(40)34-24-10-6-4-7-11-24)36-32(42)44-20-23(3)45-33(43)37-27-17-15-22(2)29(19-27)39-31(41)35-25-12-8-5-9-13-25/h4-19,23,33,37,43H,20H2,1-3H3,(H,36,42)(H2,34,38,40)(H2,35,39,41). The molecule has 0 bridgehead atoms. The number of amides is 5. The lowest BCUT2D eigenvalue weighted by atomic mass is 10.2. The van der Waals surface area contributed by atoms with Crippen LogP contribution in [0, 0.1) is 13.8 Å². The Morgan fingerprint density at radius 1 is 0.644 bits per heavy atom. The van der Waals surface area contributed by atoms with Gasteiger partial charge in [-0.3, -0.25) is 5.32 Å². The van der Waals surface area contributed by atoms with Crippen LogP contribution < -0.4 is 31.9 Å². The zero-order valence-corrected chi connectivity index (χ0v) is 25.1. The smallest absolute Gasteiger partial charge is 0.411 e. The highest BCUT2D eigenvalue weighted by Crippen LogP contribution is 2.23. The van der Waals surface area contributed by atoms with E-state index in [0.29, 0.717) is 34.1 Å². The molecule has 234 valence electrons. The van der Waals surface area contributed by atoms with Crippen molar-refractivity contribution in [3.63, 3.8) is 0 Å². The number of hydrogen-bond donors (Lipinski definition) is 7. The molecule has 0 saturated heterocycles. The Bertz CT molecular complexity index is 1600. The SMILES string of the molecule is Cc1ccc(NC(=O)OCC(C)OC(O)Nc2ccc(C)c(NC(=O)Nc3ccccc3)c2)cc1NC(=O)Nc1ccccc1. The molecule has 2 unspecified atom stereocenters. The van der Waals surface area contributed by atoms with Crippen LogP contribution in [0.3, 0.4) is 0 Å². The molecule has 0 aliphatic carbocycles. The molecule has 0 aromatic heterocycles. The molecule has 0 heterocycles. The third-order valence-electron chi connectivity index (χ3n) is 6.38. The number of urea groups is 2. The third-order valence-corrected chi connectivity index (χ3v) is 6.38. The normalized spacial score (nSPS) is 11.8. The number of carbonyl (C=O) groups excluding carboxylic acids is 3. The van der Waals surface area contributed by atoms with Gasteiger partial charge in [0.15, 0.2) is 0 Å². The predicted molar refractivity (Wildman–Crippen MR) is 176 cm³/mol. The minimum Gasteiger partial charge on any atom is -0.447 e. The van der Waals surface area contributed by atoms with E-state index in [4.69, 9.17) is 9.47 Å². The van der Waals surface area contributed by atoms with E-state index in [2.05, 4.69) is 31.9 Å². The highest BCUT2D eigenvalue weighted by atomic mass is 16.6. The van der Waals surface area contributed by atoms with Crippen LogP contribution in [0.15, 0.2) is 97.1 Å². The molecule has 5 amide bonds. The molecular weight excluding hydrogens is 576 g/mol. The van der Waals surface area contributed by atoms with E-state index in [1.165, 1.54) is 0 Å². The van der Waals surface area contributed by atoms with E-state index in [9.17, 15) is 19.5 Å². The first-order valence-electron chi connectivity index (χ1n) is 14.2. The molecule has 4 aromatic rings. The van der Waals surface area contributed by atoms with Crippen molar-refractivity contribution in [1.82, 2.24) is 0 Å². The van der Waals surface area contributed by atoms with Crippen molar-refractivity contribution in [3.8, 4) is 0 Å². The molecule has 4 aromatic carbocycles. The molecule has 0 aliphatic heterocycles. The molecule has 12 heteroatoms. The molecule has 0 aliphatic rings. The van der Waals surface area contributed by atoms with Crippen molar-refractivity contribution < 1.29 is 29.0 Å². The highest BCUT2D eigenvalue weighted by molar-refractivity contribution is 6.01. The van der Waals surface area contributed by atoms with Crippen LogP contribution in [0.5, 0.6) is 0 Å². The fourth-order valence-corrected chi connectivity index (χ4v) is 4.08. The van der Waals surface area contributed by atoms with Gasteiger partial charge >= 0.3 is 18.2 Å². The summed E-state index contributed by atoms with van der Waals surface area (Å²) in [5.74, 6) is 0. The second-order valence-electron chi connectivity index (χ2n) is 10.1.